The van der Waals surface area contributed by atoms with Crippen molar-refractivity contribution in [1.82, 2.24) is 10.6 Å². The fourth-order valence-electron chi connectivity index (χ4n) is 4.27. The summed E-state index contributed by atoms with van der Waals surface area (Å²) in [6.07, 6.45) is 1.93. The van der Waals surface area contributed by atoms with E-state index < -0.39 is 51.2 Å². The molecule has 206 valence electrons. The van der Waals surface area contributed by atoms with Crippen LogP contribution in [0.3, 0.4) is 0 Å². The molecule has 0 aromatic heterocycles. The van der Waals surface area contributed by atoms with Crippen molar-refractivity contribution in [3.05, 3.63) is 35.9 Å². The second-order valence-corrected chi connectivity index (χ2v) is 10.8. The number of hydrogen-bond acceptors (Lipinski definition) is 8. The maximum atomic E-state index is 13.0. The highest BCUT2D eigenvalue weighted by molar-refractivity contribution is 7.86. The molecule has 1 aromatic carbocycles. The fraction of sp³-hybridized carbons (Fsp3) is 0.600. The maximum absolute atomic E-state index is 13.0. The van der Waals surface area contributed by atoms with Crippen LogP contribution in [-0.4, -0.2) is 59.7 Å². The molecule has 0 heterocycles. The minimum atomic E-state index is -4.92. The van der Waals surface area contributed by atoms with Gasteiger partial charge >= 0.3 is 6.09 Å². The summed E-state index contributed by atoms with van der Waals surface area (Å²) in [4.78, 5) is 49.5. The smallest absolute Gasteiger partial charge is 0.407 e. The molecule has 1 aromatic rings. The number of nitrogens with one attached hydrogen (secondary N) is 2. The Bertz CT molecular complexity index is 1030. The Balaban J connectivity index is 1.96. The van der Waals surface area contributed by atoms with Crippen molar-refractivity contribution in [3.8, 4) is 0 Å². The van der Waals surface area contributed by atoms with E-state index in [1.807, 2.05) is 13.0 Å². The first kappa shape index (κ1) is 30.4. The molecule has 1 fully saturated rings. The number of ether oxygens (including phenoxy) is 1. The van der Waals surface area contributed by atoms with Crippen molar-refractivity contribution >= 4 is 33.7 Å². The lowest BCUT2D eigenvalue weighted by Crippen LogP contribution is -2.50. The largest absolute Gasteiger partial charge is 0.445 e. The molecular weight excluding hydrogens is 504 g/mol. The third kappa shape index (κ3) is 10.6. The third-order valence-electron chi connectivity index (χ3n) is 6.34. The highest BCUT2D eigenvalue weighted by atomic mass is 32.2. The number of amides is 2. The van der Waals surface area contributed by atoms with Crippen LogP contribution >= 0.6 is 0 Å². The summed E-state index contributed by atoms with van der Waals surface area (Å²) in [7, 11) is -4.92. The lowest BCUT2D eigenvalue weighted by atomic mass is 9.93. The number of unbranched alkanes of at least 4 members (excludes halogenated alkanes) is 1. The van der Waals surface area contributed by atoms with Gasteiger partial charge in [0, 0.05) is 24.7 Å². The molecule has 2 amide bonds. The number of alkyl carbamates (subject to hydrolysis) is 1. The van der Waals surface area contributed by atoms with Crippen molar-refractivity contribution < 1.29 is 42.0 Å². The summed E-state index contributed by atoms with van der Waals surface area (Å²) < 4.78 is 37.6. The highest BCUT2D eigenvalue weighted by Crippen LogP contribution is 2.27. The van der Waals surface area contributed by atoms with E-state index in [4.69, 9.17) is 4.74 Å². The van der Waals surface area contributed by atoms with Gasteiger partial charge in [-0.2, -0.15) is 8.42 Å². The monoisotopic (exact) mass is 540 g/mol. The molecule has 0 aliphatic heterocycles. The Morgan fingerprint density at radius 3 is 2.49 bits per heavy atom. The van der Waals surface area contributed by atoms with E-state index in [-0.39, 0.29) is 31.8 Å². The second-order valence-electron chi connectivity index (χ2n) is 9.31. The van der Waals surface area contributed by atoms with Gasteiger partial charge in [0.25, 0.3) is 10.1 Å². The van der Waals surface area contributed by atoms with Gasteiger partial charge < -0.3 is 20.5 Å². The zero-order valence-corrected chi connectivity index (χ0v) is 21.7. The Kier molecular flexibility index (Phi) is 12.2. The highest BCUT2D eigenvalue weighted by Gasteiger charge is 2.37. The molecule has 0 bridgehead atoms. The Labute approximate surface area is 217 Å². The van der Waals surface area contributed by atoms with Gasteiger partial charge in [0.05, 0.1) is 12.6 Å². The number of ketones is 2. The Hall–Kier alpha value is -2.83. The van der Waals surface area contributed by atoms with Crippen molar-refractivity contribution in [3.63, 3.8) is 0 Å². The molecule has 4 atom stereocenters. The van der Waals surface area contributed by atoms with Gasteiger partial charge in [0.1, 0.15) is 12.4 Å². The molecule has 0 spiro atoms. The van der Waals surface area contributed by atoms with E-state index in [1.165, 1.54) is 0 Å². The molecule has 1 aliphatic carbocycles. The summed E-state index contributed by atoms with van der Waals surface area (Å²) in [5, 5.41) is 15.0. The zero-order valence-electron chi connectivity index (χ0n) is 20.9. The lowest BCUT2D eigenvalue weighted by Gasteiger charge is -2.26. The summed E-state index contributed by atoms with van der Waals surface area (Å²) in [6, 6.07) is 7.57. The standard InChI is InChI=1S/C25H36N2O9S/c1-2-3-10-19(13-20(28)15-26-25(32)36-16-17-8-5-4-6-9-17)23(30)27-21(24(31)37(33,34)35)14-18-11-7-12-22(18)29/h4-6,8-9,18-19,21,24,31H,2-3,7,10-16H2,1H3,(H,26,32)(H,27,30)(H,33,34,35)/t18?,19-,21+,24?/m1/s1. The number of aliphatic hydroxyl groups is 1. The number of carbonyl (C=O) groups is 4. The second kappa shape index (κ2) is 14.8. The first-order chi connectivity index (χ1) is 17.5. The summed E-state index contributed by atoms with van der Waals surface area (Å²) >= 11 is 0. The molecule has 0 saturated heterocycles. The van der Waals surface area contributed by atoms with Gasteiger partial charge in [-0.05, 0) is 31.2 Å². The number of hydrogen-bond donors (Lipinski definition) is 4. The van der Waals surface area contributed by atoms with Crippen LogP contribution in [0.5, 0.6) is 0 Å². The van der Waals surface area contributed by atoms with E-state index in [2.05, 4.69) is 10.6 Å². The summed E-state index contributed by atoms with van der Waals surface area (Å²) in [5.74, 6) is -2.60. The van der Waals surface area contributed by atoms with Crippen molar-refractivity contribution in [2.24, 2.45) is 11.8 Å². The molecule has 2 unspecified atom stereocenters. The van der Waals surface area contributed by atoms with Crippen LogP contribution in [-0.2, 0) is 35.8 Å². The SMILES string of the molecule is CCCC[C@H](CC(=O)CNC(=O)OCc1ccccc1)C(=O)N[C@@H](CC1CCCC1=O)C(O)S(=O)(=O)O. The fourth-order valence-corrected chi connectivity index (χ4v) is 4.86. The molecule has 4 N–H and O–H groups in total. The number of Topliss-reactive ketones (excluding diaryl/α,β-unsaturated/α-hetero) is 2. The lowest BCUT2D eigenvalue weighted by molar-refractivity contribution is -0.130. The van der Waals surface area contributed by atoms with Crippen LogP contribution in [0, 0.1) is 11.8 Å². The van der Waals surface area contributed by atoms with Gasteiger partial charge in [-0.3, -0.25) is 18.9 Å². The zero-order chi connectivity index (χ0) is 27.4. The quantitative estimate of drug-likeness (QED) is 0.243. The number of carbonyl (C=O) groups excluding carboxylic acids is 4. The number of rotatable bonds is 15. The molecule has 0 radical (unpaired) electrons. The first-order valence-corrected chi connectivity index (χ1v) is 13.9. The van der Waals surface area contributed by atoms with Gasteiger partial charge in [0.2, 0.25) is 11.3 Å². The van der Waals surface area contributed by atoms with Gasteiger partial charge in [-0.15, -0.1) is 0 Å². The Morgan fingerprint density at radius 1 is 1.19 bits per heavy atom. The molecule has 12 heteroatoms. The number of aliphatic hydroxyl groups excluding tert-OH is 1. The third-order valence-corrected chi connectivity index (χ3v) is 7.28. The van der Waals surface area contributed by atoms with Crippen LogP contribution in [0.1, 0.15) is 63.9 Å². The topological polar surface area (TPSA) is 176 Å². The van der Waals surface area contributed by atoms with Gasteiger partial charge in [-0.25, -0.2) is 4.79 Å². The van der Waals surface area contributed by atoms with Crippen molar-refractivity contribution in [2.75, 3.05) is 6.54 Å². The van der Waals surface area contributed by atoms with E-state index in [0.717, 1.165) is 12.0 Å². The van der Waals surface area contributed by atoms with Crippen molar-refractivity contribution in [1.29, 1.82) is 0 Å². The Morgan fingerprint density at radius 2 is 1.89 bits per heavy atom. The van der Waals surface area contributed by atoms with Gasteiger partial charge in [0.15, 0.2) is 5.78 Å². The average molecular weight is 541 g/mol. The normalized spacial score (nSPS) is 18.0. The van der Waals surface area contributed by atoms with Crippen LogP contribution in [0.4, 0.5) is 4.79 Å². The van der Waals surface area contributed by atoms with E-state index in [0.29, 0.717) is 32.1 Å². The van der Waals surface area contributed by atoms with Crippen molar-refractivity contribution in [2.45, 2.75) is 76.4 Å². The van der Waals surface area contributed by atoms with Crippen LogP contribution in [0.15, 0.2) is 30.3 Å². The summed E-state index contributed by atoms with van der Waals surface area (Å²) in [5.41, 5.74) is -1.53. The molecule has 2 rings (SSSR count). The molecule has 37 heavy (non-hydrogen) atoms. The van der Waals surface area contributed by atoms with Gasteiger partial charge in [-0.1, -0.05) is 50.1 Å². The van der Waals surface area contributed by atoms with Crippen LogP contribution < -0.4 is 10.6 Å². The molecule has 11 nitrogen and oxygen atoms in total. The summed E-state index contributed by atoms with van der Waals surface area (Å²) in [6.45, 7) is 1.57. The number of benzene rings is 1. The van der Waals surface area contributed by atoms with E-state index >= 15 is 0 Å². The molecule has 1 saturated carbocycles. The molecular formula is C25H36N2O9S. The first-order valence-electron chi connectivity index (χ1n) is 12.4. The predicted octanol–water partition coefficient (Wildman–Crippen LogP) is 2.13. The van der Waals surface area contributed by atoms with Crippen LogP contribution in [0.25, 0.3) is 0 Å². The molecule has 1 aliphatic rings. The minimum absolute atomic E-state index is 0.0311. The predicted molar refractivity (Wildman–Crippen MR) is 134 cm³/mol. The van der Waals surface area contributed by atoms with E-state index in [9.17, 15) is 37.3 Å². The minimum Gasteiger partial charge on any atom is -0.445 e. The maximum Gasteiger partial charge on any atom is 0.407 e. The van der Waals surface area contributed by atoms with Crippen LogP contribution in [0.2, 0.25) is 0 Å². The van der Waals surface area contributed by atoms with E-state index in [1.54, 1.807) is 24.3 Å². The average Bonchev–Trinajstić information content (AvgIpc) is 3.27.